The number of allylic oxidation sites excluding steroid dienone is 2. The lowest BCUT2D eigenvalue weighted by atomic mass is 9.63. The van der Waals surface area contributed by atoms with Crippen LogP contribution in [0.2, 0.25) is 0 Å². The Morgan fingerprint density at radius 1 is 1.12 bits per heavy atom. The molecule has 1 nitrogen and oxygen atoms in total. The summed E-state index contributed by atoms with van der Waals surface area (Å²) >= 11 is 0. The molecule has 1 unspecified atom stereocenters. The van der Waals surface area contributed by atoms with Crippen molar-refractivity contribution < 1.29 is 18.0 Å². The number of halogens is 3. The van der Waals surface area contributed by atoms with Crippen LogP contribution in [0.15, 0.2) is 11.1 Å². The Morgan fingerprint density at radius 3 is 2.44 bits per heavy atom. The maximum absolute atomic E-state index is 12.9. The quantitative estimate of drug-likeness (QED) is 0.621. The largest absolute Gasteiger partial charge is 0.419 e. The molecule has 4 heteroatoms. The molecular formula is C12H15F3O. The van der Waals surface area contributed by atoms with Gasteiger partial charge < -0.3 is 0 Å². The average Bonchev–Trinajstić information content (AvgIpc) is 2.16. The van der Waals surface area contributed by atoms with Crippen molar-refractivity contribution in [2.75, 3.05) is 0 Å². The first-order valence-corrected chi connectivity index (χ1v) is 5.69. The van der Waals surface area contributed by atoms with Crippen LogP contribution in [-0.2, 0) is 4.79 Å². The predicted molar refractivity (Wildman–Crippen MR) is 53.9 cm³/mol. The van der Waals surface area contributed by atoms with Gasteiger partial charge in [0, 0.05) is 6.42 Å². The zero-order chi connectivity index (χ0) is 12.0. The summed E-state index contributed by atoms with van der Waals surface area (Å²) in [6.45, 7) is 1.87. The zero-order valence-corrected chi connectivity index (χ0v) is 9.28. The summed E-state index contributed by atoms with van der Waals surface area (Å²) in [5.41, 5.74) is -0.833. The van der Waals surface area contributed by atoms with Crippen molar-refractivity contribution in [3.05, 3.63) is 11.1 Å². The first-order chi connectivity index (χ1) is 7.34. The predicted octanol–water partition coefficient (Wildman–Crippen LogP) is 3.79. The van der Waals surface area contributed by atoms with Gasteiger partial charge in [0.25, 0.3) is 0 Å². The van der Waals surface area contributed by atoms with Gasteiger partial charge in [-0.3, -0.25) is 4.79 Å². The van der Waals surface area contributed by atoms with Crippen LogP contribution in [0.3, 0.4) is 0 Å². The standard InChI is InChI=1S/C12H15F3O/c1-11-6-3-2-4-8(11)10(12(13,14)15)9(16)5-7-11/h2-7H2,1H3. The molecule has 0 aromatic heterocycles. The Morgan fingerprint density at radius 2 is 1.81 bits per heavy atom. The number of rotatable bonds is 0. The van der Waals surface area contributed by atoms with E-state index < -0.39 is 17.5 Å². The molecule has 0 amide bonds. The molecule has 0 heterocycles. The highest BCUT2D eigenvalue weighted by atomic mass is 19.4. The summed E-state index contributed by atoms with van der Waals surface area (Å²) in [5.74, 6) is -0.707. The minimum Gasteiger partial charge on any atom is -0.294 e. The van der Waals surface area contributed by atoms with Crippen molar-refractivity contribution in [3.63, 3.8) is 0 Å². The second-order valence-corrected chi connectivity index (χ2v) is 5.04. The third-order valence-electron chi connectivity index (χ3n) is 3.90. The minimum atomic E-state index is -4.47. The Balaban J connectivity index is 2.52. The molecule has 0 aromatic carbocycles. The molecule has 1 fully saturated rings. The van der Waals surface area contributed by atoms with Gasteiger partial charge in [0.15, 0.2) is 5.78 Å². The number of carbonyl (C=O) groups excluding carboxylic acids is 1. The van der Waals surface area contributed by atoms with Crippen LogP contribution in [0.5, 0.6) is 0 Å². The second kappa shape index (κ2) is 3.60. The van der Waals surface area contributed by atoms with E-state index in [1.807, 2.05) is 6.92 Å². The number of fused-ring (bicyclic) bond motifs is 1. The topological polar surface area (TPSA) is 17.1 Å². The second-order valence-electron chi connectivity index (χ2n) is 5.04. The summed E-state index contributed by atoms with van der Waals surface area (Å²) < 4.78 is 38.6. The highest BCUT2D eigenvalue weighted by Gasteiger charge is 2.48. The molecule has 0 spiro atoms. The van der Waals surface area contributed by atoms with Gasteiger partial charge in [-0.15, -0.1) is 0 Å². The molecule has 0 radical (unpaired) electrons. The maximum Gasteiger partial charge on any atom is 0.419 e. The molecule has 2 rings (SSSR count). The van der Waals surface area contributed by atoms with Crippen LogP contribution >= 0.6 is 0 Å². The van der Waals surface area contributed by atoms with Gasteiger partial charge >= 0.3 is 6.18 Å². The number of Topliss-reactive ketones (excluding diaryl/α,β-unsaturated/α-hetero) is 1. The molecule has 0 aliphatic heterocycles. The Bertz CT molecular complexity index is 354. The highest BCUT2D eigenvalue weighted by molar-refractivity contribution is 5.98. The minimum absolute atomic E-state index is 0.0504. The lowest BCUT2D eigenvalue weighted by Gasteiger charge is -2.41. The van der Waals surface area contributed by atoms with Crippen molar-refractivity contribution in [1.29, 1.82) is 0 Å². The van der Waals surface area contributed by atoms with E-state index in [4.69, 9.17) is 0 Å². The number of ketones is 1. The molecular weight excluding hydrogens is 217 g/mol. The number of carbonyl (C=O) groups is 1. The zero-order valence-electron chi connectivity index (χ0n) is 9.28. The normalized spacial score (nSPS) is 31.6. The Hall–Kier alpha value is -0.800. The molecule has 0 saturated heterocycles. The Labute approximate surface area is 92.7 Å². The van der Waals surface area contributed by atoms with E-state index in [0.717, 1.165) is 19.3 Å². The molecule has 0 bridgehead atoms. The van der Waals surface area contributed by atoms with Crippen LogP contribution in [0.4, 0.5) is 13.2 Å². The Kier molecular flexibility index (Phi) is 2.63. The van der Waals surface area contributed by atoms with Crippen LogP contribution in [0.25, 0.3) is 0 Å². The van der Waals surface area contributed by atoms with Gasteiger partial charge in [0.2, 0.25) is 0 Å². The number of hydrogen-bond acceptors (Lipinski definition) is 1. The van der Waals surface area contributed by atoms with E-state index in [1.54, 1.807) is 0 Å². The molecule has 2 aliphatic rings. The summed E-state index contributed by atoms with van der Waals surface area (Å²) in [6.07, 6.45) is -0.857. The molecule has 1 atom stereocenters. The highest BCUT2D eigenvalue weighted by Crippen LogP contribution is 2.51. The first-order valence-electron chi connectivity index (χ1n) is 5.69. The maximum atomic E-state index is 12.9. The SMILES string of the molecule is CC12CCCCC1=C(C(F)(F)F)C(=O)CC2. The summed E-state index contributed by atoms with van der Waals surface area (Å²) in [6, 6.07) is 0. The lowest BCUT2D eigenvalue weighted by molar-refractivity contribution is -0.132. The monoisotopic (exact) mass is 232 g/mol. The van der Waals surface area contributed by atoms with Crippen LogP contribution in [0, 0.1) is 5.41 Å². The molecule has 1 saturated carbocycles. The number of hydrogen-bond donors (Lipinski definition) is 0. The van der Waals surface area contributed by atoms with Crippen LogP contribution < -0.4 is 0 Å². The van der Waals surface area contributed by atoms with Gasteiger partial charge in [0.05, 0.1) is 5.57 Å². The van der Waals surface area contributed by atoms with E-state index in [2.05, 4.69) is 0 Å². The van der Waals surface area contributed by atoms with Crippen molar-refractivity contribution in [3.8, 4) is 0 Å². The van der Waals surface area contributed by atoms with Gasteiger partial charge in [-0.25, -0.2) is 0 Å². The van der Waals surface area contributed by atoms with Gasteiger partial charge in [-0.1, -0.05) is 13.3 Å². The van der Waals surface area contributed by atoms with E-state index in [1.165, 1.54) is 0 Å². The number of alkyl halides is 3. The van der Waals surface area contributed by atoms with E-state index >= 15 is 0 Å². The molecule has 0 aromatic rings. The third kappa shape index (κ3) is 1.78. The molecule has 0 N–H and O–H groups in total. The average molecular weight is 232 g/mol. The van der Waals surface area contributed by atoms with Gasteiger partial charge in [-0.2, -0.15) is 13.2 Å². The molecule has 2 aliphatic carbocycles. The van der Waals surface area contributed by atoms with E-state index in [9.17, 15) is 18.0 Å². The fourth-order valence-corrected chi connectivity index (χ4v) is 2.98. The van der Waals surface area contributed by atoms with Crippen molar-refractivity contribution in [2.24, 2.45) is 5.41 Å². The van der Waals surface area contributed by atoms with E-state index in [-0.39, 0.29) is 11.8 Å². The summed E-state index contributed by atoms with van der Waals surface area (Å²) in [5, 5.41) is 0. The van der Waals surface area contributed by atoms with Crippen molar-refractivity contribution in [1.82, 2.24) is 0 Å². The van der Waals surface area contributed by atoms with Crippen molar-refractivity contribution in [2.45, 2.75) is 51.6 Å². The van der Waals surface area contributed by atoms with Gasteiger partial charge in [-0.05, 0) is 36.7 Å². The first kappa shape index (κ1) is 11.7. The smallest absolute Gasteiger partial charge is 0.294 e. The van der Waals surface area contributed by atoms with Crippen LogP contribution in [-0.4, -0.2) is 12.0 Å². The van der Waals surface area contributed by atoms with Crippen molar-refractivity contribution >= 4 is 5.78 Å². The third-order valence-corrected chi connectivity index (χ3v) is 3.90. The van der Waals surface area contributed by atoms with Crippen LogP contribution in [0.1, 0.15) is 45.4 Å². The fourth-order valence-electron chi connectivity index (χ4n) is 2.98. The fraction of sp³-hybridized carbons (Fsp3) is 0.750. The summed E-state index contributed by atoms with van der Waals surface area (Å²) in [7, 11) is 0. The summed E-state index contributed by atoms with van der Waals surface area (Å²) in [4.78, 5) is 11.5. The molecule has 90 valence electrons. The van der Waals surface area contributed by atoms with E-state index in [0.29, 0.717) is 18.4 Å². The lowest BCUT2D eigenvalue weighted by Crippen LogP contribution is -2.36. The van der Waals surface area contributed by atoms with Gasteiger partial charge in [0.1, 0.15) is 0 Å². The molecule has 16 heavy (non-hydrogen) atoms.